The lowest BCUT2D eigenvalue weighted by Crippen LogP contribution is -1.94. The van der Waals surface area contributed by atoms with Crippen LogP contribution in [0.25, 0.3) is 93.2 Å². The van der Waals surface area contributed by atoms with Crippen LogP contribution in [-0.4, -0.2) is 4.57 Å². The van der Waals surface area contributed by atoms with Crippen molar-refractivity contribution in [2.24, 2.45) is 0 Å². The van der Waals surface area contributed by atoms with Crippen LogP contribution >= 0.6 is 11.8 Å². The van der Waals surface area contributed by atoms with Gasteiger partial charge in [-0.25, -0.2) is 0 Å². The average Bonchev–Trinajstić information content (AvgIpc) is 3.54. The molecular weight excluding hydrogens is 623 g/mol. The van der Waals surface area contributed by atoms with E-state index < -0.39 is 0 Å². The third kappa shape index (κ3) is 4.09. The molecule has 9 aromatic carbocycles. The van der Waals surface area contributed by atoms with Gasteiger partial charge < -0.3 is 4.57 Å². The molecular formula is C48H29NS. The molecule has 0 spiro atoms. The van der Waals surface area contributed by atoms with Gasteiger partial charge in [0.2, 0.25) is 0 Å². The second-order valence-electron chi connectivity index (χ2n) is 13.3. The first-order valence-corrected chi connectivity index (χ1v) is 18.0. The molecule has 0 fully saturated rings. The standard InChI is InChI=1S/C48H29NS/c1-3-11-38-33(7-1)21-26-42-47(38)48-39-12-4-2-8-34(39)22-27-43(48)49(42)37-24-19-31(20-25-37)30-15-17-32(18-16-30)36-23-28-44-41(29-36)40-13-5-9-35-10-6-14-45(50-44)46(35)40/h1-29H. The van der Waals surface area contributed by atoms with Crippen LogP contribution in [0.5, 0.6) is 0 Å². The van der Waals surface area contributed by atoms with E-state index in [-0.39, 0.29) is 0 Å². The second kappa shape index (κ2) is 10.7. The van der Waals surface area contributed by atoms with Crippen LogP contribution in [0.3, 0.4) is 0 Å². The van der Waals surface area contributed by atoms with E-state index in [1.807, 2.05) is 11.8 Å². The van der Waals surface area contributed by atoms with Crippen molar-refractivity contribution in [2.45, 2.75) is 9.79 Å². The summed E-state index contributed by atoms with van der Waals surface area (Å²) in [6, 6.07) is 64.9. The van der Waals surface area contributed by atoms with Crippen molar-refractivity contribution in [2.75, 3.05) is 0 Å². The van der Waals surface area contributed by atoms with E-state index in [0.29, 0.717) is 0 Å². The summed E-state index contributed by atoms with van der Waals surface area (Å²) in [4.78, 5) is 2.66. The van der Waals surface area contributed by atoms with Crippen LogP contribution in [-0.2, 0) is 0 Å². The SMILES string of the molecule is c1cc2c3c(cccc3c1)-c1cc(-c3ccc(-c4ccc(-n5c6ccc7ccccc7c6c6c7ccccc7ccc65)cc4)cc3)ccc1S2. The molecule has 1 aliphatic heterocycles. The lowest BCUT2D eigenvalue weighted by Gasteiger charge is -2.21. The molecule has 0 aliphatic carbocycles. The zero-order chi connectivity index (χ0) is 32.8. The Kier molecular flexibility index (Phi) is 5.96. The number of benzene rings is 9. The van der Waals surface area contributed by atoms with Gasteiger partial charge in [0.25, 0.3) is 0 Å². The van der Waals surface area contributed by atoms with Gasteiger partial charge in [-0.1, -0.05) is 145 Å². The average molecular weight is 652 g/mol. The van der Waals surface area contributed by atoms with E-state index in [4.69, 9.17) is 0 Å². The molecule has 2 heteroatoms. The number of hydrogen-bond acceptors (Lipinski definition) is 1. The van der Waals surface area contributed by atoms with E-state index in [9.17, 15) is 0 Å². The Morgan fingerprint density at radius 3 is 1.54 bits per heavy atom. The highest BCUT2D eigenvalue weighted by Crippen LogP contribution is 2.49. The van der Waals surface area contributed by atoms with Gasteiger partial charge in [0.05, 0.1) is 11.0 Å². The molecule has 0 amide bonds. The number of nitrogens with zero attached hydrogens (tertiary/aromatic N) is 1. The Balaban J connectivity index is 0.977. The molecule has 0 N–H and O–H groups in total. The van der Waals surface area contributed by atoms with Crippen molar-refractivity contribution >= 4 is 65.9 Å². The fraction of sp³-hybridized carbons (Fsp3) is 0. The van der Waals surface area contributed by atoms with Crippen LogP contribution in [0, 0.1) is 0 Å². The van der Waals surface area contributed by atoms with Crippen molar-refractivity contribution < 1.29 is 0 Å². The summed E-state index contributed by atoms with van der Waals surface area (Å²) in [7, 11) is 0. The van der Waals surface area contributed by atoms with E-state index >= 15 is 0 Å². The first-order chi connectivity index (χ1) is 24.8. The summed E-state index contributed by atoms with van der Waals surface area (Å²) < 4.78 is 2.43. The zero-order valence-electron chi connectivity index (χ0n) is 27.1. The molecule has 0 saturated heterocycles. The van der Waals surface area contributed by atoms with Crippen LogP contribution in [0.4, 0.5) is 0 Å². The zero-order valence-corrected chi connectivity index (χ0v) is 27.9. The Bertz CT molecular complexity index is 2890. The molecule has 0 unspecified atom stereocenters. The minimum atomic E-state index is 1.17. The molecule has 1 aliphatic rings. The molecule has 232 valence electrons. The van der Waals surface area contributed by atoms with E-state index in [1.165, 1.54) is 103 Å². The Labute approximate surface area is 294 Å². The van der Waals surface area contributed by atoms with E-state index in [1.54, 1.807) is 0 Å². The summed E-state index contributed by atoms with van der Waals surface area (Å²) in [6.07, 6.45) is 0. The molecule has 0 radical (unpaired) electrons. The van der Waals surface area contributed by atoms with Crippen LogP contribution in [0.2, 0.25) is 0 Å². The lowest BCUT2D eigenvalue weighted by atomic mass is 9.94. The van der Waals surface area contributed by atoms with E-state index in [0.717, 1.165) is 0 Å². The van der Waals surface area contributed by atoms with Gasteiger partial charge in [-0.2, -0.15) is 0 Å². The van der Waals surface area contributed by atoms with Gasteiger partial charge in [-0.05, 0) is 103 Å². The molecule has 10 aromatic rings. The third-order valence-electron chi connectivity index (χ3n) is 10.6. The maximum absolute atomic E-state index is 2.43. The number of fused-ring (bicyclic) bond motifs is 9. The quantitative estimate of drug-likeness (QED) is 0.184. The predicted octanol–water partition coefficient (Wildman–Crippen LogP) is 13.7. The van der Waals surface area contributed by atoms with Crippen molar-refractivity contribution in [1.82, 2.24) is 4.57 Å². The van der Waals surface area contributed by atoms with Gasteiger partial charge in [0.1, 0.15) is 0 Å². The summed E-state index contributed by atoms with van der Waals surface area (Å²) in [6.45, 7) is 0. The maximum Gasteiger partial charge on any atom is 0.0547 e. The lowest BCUT2D eigenvalue weighted by molar-refractivity contribution is 1.18. The smallest absolute Gasteiger partial charge is 0.0547 e. The maximum atomic E-state index is 2.43. The first kappa shape index (κ1) is 27.8. The topological polar surface area (TPSA) is 4.93 Å². The second-order valence-corrected chi connectivity index (χ2v) is 14.4. The Hall–Kier alpha value is -6.09. The van der Waals surface area contributed by atoms with Crippen molar-refractivity contribution in [3.8, 4) is 39.1 Å². The number of aromatic nitrogens is 1. The van der Waals surface area contributed by atoms with E-state index in [2.05, 4.69) is 180 Å². The molecule has 1 nitrogen and oxygen atoms in total. The summed E-state index contributed by atoms with van der Waals surface area (Å²) in [5.74, 6) is 0. The normalized spacial score (nSPS) is 12.3. The van der Waals surface area contributed by atoms with Gasteiger partial charge in [0, 0.05) is 31.6 Å². The fourth-order valence-corrected chi connectivity index (χ4v) is 9.36. The Morgan fingerprint density at radius 1 is 0.340 bits per heavy atom. The first-order valence-electron chi connectivity index (χ1n) is 17.2. The molecule has 0 atom stereocenters. The summed E-state index contributed by atoms with van der Waals surface area (Å²) in [5.41, 5.74) is 11.2. The van der Waals surface area contributed by atoms with Crippen molar-refractivity contribution in [1.29, 1.82) is 0 Å². The highest BCUT2D eigenvalue weighted by Gasteiger charge is 2.20. The number of rotatable bonds is 3. The fourth-order valence-electron chi connectivity index (χ4n) is 8.23. The largest absolute Gasteiger partial charge is 0.309 e. The molecule has 0 bridgehead atoms. The van der Waals surface area contributed by atoms with Gasteiger partial charge in [-0.3, -0.25) is 0 Å². The molecule has 0 saturated carbocycles. The van der Waals surface area contributed by atoms with Crippen molar-refractivity contribution in [3.63, 3.8) is 0 Å². The third-order valence-corrected chi connectivity index (χ3v) is 11.7. The summed E-state index contributed by atoms with van der Waals surface area (Å²) in [5, 5.41) is 10.4. The molecule has 11 rings (SSSR count). The Morgan fingerprint density at radius 2 is 0.880 bits per heavy atom. The summed E-state index contributed by atoms with van der Waals surface area (Å²) >= 11 is 1.88. The predicted molar refractivity (Wildman–Crippen MR) is 214 cm³/mol. The van der Waals surface area contributed by atoms with Crippen LogP contribution < -0.4 is 0 Å². The molecule has 2 heterocycles. The molecule has 50 heavy (non-hydrogen) atoms. The van der Waals surface area contributed by atoms with Crippen LogP contribution in [0.1, 0.15) is 0 Å². The minimum Gasteiger partial charge on any atom is -0.309 e. The monoisotopic (exact) mass is 651 g/mol. The minimum absolute atomic E-state index is 1.17. The molecule has 1 aromatic heterocycles. The van der Waals surface area contributed by atoms with Gasteiger partial charge >= 0.3 is 0 Å². The van der Waals surface area contributed by atoms with Gasteiger partial charge in [0.15, 0.2) is 0 Å². The highest BCUT2D eigenvalue weighted by atomic mass is 32.2. The van der Waals surface area contributed by atoms with Crippen LogP contribution in [0.15, 0.2) is 186 Å². The highest BCUT2D eigenvalue weighted by molar-refractivity contribution is 7.99. The number of hydrogen-bond donors (Lipinski definition) is 0. The van der Waals surface area contributed by atoms with Gasteiger partial charge in [-0.15, -0.1) is 0 Å². The van der Waals surface area contributed by atoms with Crippen molar-refractivity contribution in [3.05, 3.63) is 176 Å².